The first-order valence-corrected chi connectivity index (χ1v) is 7.59. The molecule has 5 heteroatoms. The number of rotatable bonds is 3. The summed E-state index contributed by atoms with van der Waals surface area (Å²) in [5.41, 5.74) is 5.78. The number of aromatic nitrogens is 4. The molecule has 114 valence electrons. The average molecular weight is 303 g/mol. The zero-order valence-electron chi connectivity index (χ0n) is 13.1. The molecule has 0 unspecified atom stereocenters. The van der Waals surface area contributed by atoms with Crippen LogP contribution in [0.1, 0.15) is 11.3 Å². The van der Waals surface area contributed by atoms with Crippen LogP contribution in [0.5, 0.6) is 0 Å². The minimum atomic E-state index is 0.737. The van der Waals surface area contributed by atoms with Crippen LogP contribution in [0, 0.1) is 6.92 Å². The van der Waals surface area contributed by atoms with Gasteiger partial charge in [-0.25, -0.2) is 9.97 Å². The third kappa shape index (κ3) is 2.40. The van der Waals surface area contributed by atoms with Crippen LogP contribution < -0.4 is 5.32 Å². The fraction of sp³-hybridized carbons (Fsp3) is 0.167. The third-order valence-corrected chi connectivity index (χ3v) is 3.98. The molecule has 4 aromatic rings. The zero-order valence-corrected chi connectivity index (χ0v) is 13.1. The van der Waals surface area contributed by atoms with Crippen molar-refractivity contribution in [3.8, 4) is 0 Å². The van der Waals surface area contributed by atoms with Gasteiger partial charge in [-0.3, -0.25) is 4.98 Å². The molecule has 4 rings (SSSR count). The van der Waals surface area contributed by atoms with Gasteiger partial charge < -0.3 is 9.88 Å². The number of fused-ring (bicyclic) bond motifs is 3. The molecule has 0 saturated carbocycles. The molecule has 2 heterocycles. The Kier molecular flexibility index (Phi) is 3.19. The fourth-order valence-electron chi connectivity index (χ4n) is 2.75. The summed E-state index contributed by atoms with van der Waals surface area (Å²) in [7, 11) is 2.01. The first-order chi connectivity index (χ1) is 11.2. The van der Waals surface area contributed by atoms with Crippen LogP contribution in [-0.4, -0.2) is 19.5 Å². The number of hydrogen-bond donors (Lipinski definition) is 1. The Morgan fingerprint density at radius 3 is 2.65 bits per heavy atom. The number of benzene rings is 2. The van der Waals surface area contributed by atoms with E-state index in [1.54, 1.807) is 6.20 Å². The highest BCUT2D eigenvalue weighted by atomic mass is 15.2. The molecule has 0 aliphatic carbocycles. The van der Waals surface area contributed by atoms with E-state index in [2.05, 4.69) is 32.0 Å². The Hall–Kier alpha value is -2.95. The Bertz CT molecular complexity index is 989. The van der Waals surface area contributed by atoms with Crippen LogP contribution >= 0.6 is 0 Å². The van der Waals surface area contributed by atoms with Gasteiger partial charge >= 0.3 is 0 Å². The van der Waals surface area contributed by atoms with Crippen molar-refractivity contribution in [3.05, 3.63) is 59.9 Å². The fourth-order valence-corrected chi connectivity index (χ4v) is 2.75. The largest absolute Gasteiger partial charge is 0.352 e. The van der Waals surface area contributed by atoms with Crippen LogP contribution in [0.2, 0.25) is 0 Å². The molecule has 2 aromatic heterocycles. The summed E-state index contributed by atoms with van der Waals surface area (Å²) in [6.45, 7) is 2.68. The van der Waals surface area contributed by atoms with Crippen molar-refractivity contribution in [2.45, 2.75) is 13.5 Å². The predicted octanol–water partition coefficient (Wildman–Crippen LogP) is 3.44. The van der Waals surface area contributed by atoms with Crippen molar-refractivity contribution < 1.29 is 0 Å². The lowest BCUT2D eigenvalue weighted by atomic mass is 10.2. The molecule has 0 bridgehead atoms. The van der Waals surface area contributed by atoms with Gasteiger partial charge in [0.2, 0.25) is 5.95 Å². The number of nitrogens with zero attached hydrogens (tertiary/aromatic N) is 4. The Morgan fingerprint density at radius 2 is 1.83 bits per heavy atom. The van der Waals surface area contributed by atoms with Gasteiger partial charge in [-0.15, -0.1) is 0 Å². The molecule has 2 aromatic carbocycles. The van der Waals surface area contributed by atoms with Gasteiger partial charge in [-0.05, 0) is 24.6 Å². The van der Waals surface area contributed by atoms with Gasteiger partial charge in [0.15, 0.2) is 0 Å². The highest BCUT2D eigenvalue weighted by molar-refractivity contribution is 6.01. The maximum absolute atomic E-state index is 4.75. The summed E-state index contributed by atoms with van der Waals surface area (Å²) in [6, 6.07) is 14.3. The zero-order chi connectivity index (χ0) is 15.8. The molecule has 0 aliphatic rings. The molecule has 0 radical (unpaired) electrons. The van der Waals surface area contributed by atoms with Gasteiger partial charge in [-0.2, -0.15) is 0 Å². The standard InChI is InChI=1S/C18H17N5/c1-12-10-19-14-8-9-15-17(16(14)21-12)22-18(23(15)2)20-11-13-6-4-3-5-7-13/h3-10H,11H2,1-2H3,(H,20,22). The predicted molar refractivity (Wildman–Crippen MR) is 92.3 cm³/mol. The summed E-state index contributed by atoms with van der Waals surface area (Å²) >= 11 is 0. The monoisotopic (exact) mass is 303 g/mol. The van der Waals surface area contributed by atoms with Gasteiger partial charge in [0, 0.05) is 19.8 Å². The van der Waals surface area contributed by atoms with E-state index in [4.69, 9.17) is 4.98 Å². The molecule has 5 nitrogen and oxygen atoms in total. The molecule has 0 atom stereocenters. The number of aryl methyl sites for hydroxylation is 2. The van der Waals surface area contributed by atoms with Crippen molar-refractivity contribution in [1.82, 2.24) is 19.5 Å². The third-order valence-electron chi connectivity index (χ3n) is 3.98. The lowest BCUT2D eigenvalue weighted by Crippen LogP contribution is -2.04. The topological polar surface area (TPSA) is 55.6 Å². The number of hydrogen-bond acceptors (Lipinski definition) is 4. The maximum atomic E-state index is 4.75. The Morgan fingerprint density at radius 1 is 1.00 bits per heavy atom. The highest BCUT2D eigenvalue weighted by Gasteiger charge is 2.12. The van der Waals surface area contributed by atoms with E-state index >= 15 is 0 Å². The second-order valence-corrected chi connectivity index (χ2v) is 5.65. The van der Waals surface area contributed by atoms with E-state index in [-0.39, 0.29) is 0 Å². The molecular formula is C18H17N5. The van der Waals surface area contributed by atoms with Gasteiger partial charge in [0.05, 0.1) is 16.7 Å². The van der Waals surface area contributed by atoms with Crippen LogP contribution in [0.3, 0.4) is 0 Å². The molecule has 0 spiro atoms. The number of anilines is 1. The van der Waals surface area contributed by atoms with E-state index in [9.17, 15) is 0 Å². The van der Waals surface area contributed by atoms with Crippen LogP contribution in [0.15, 0.2) is 48.7 Å². The highest BCUT2D eigenvalue weighted by Crippen LogP contribution is 2.25. The molecular weight excluding hydrogens is 286 g/mol. The first kappa shape index (κ1) is 13.7. The molecule has 23 heavy (non-hydrogen) atoms. The number of nitrogens with one attached hydrogen (secondary N) is 1. The lowest BCUT2D eigenvalue weighted by molar-refractivity contribution is 0.927. The Labute approximate surface area is 134 Å². The van der Waals surface area contributed by atoms with Crippen LogP contribution in [0.25, 0.3) is 22.1 Å². The van der Waals surface area contributed by atoms with Crippen molar-refractivity contribution >= 4 is 28.0 Å². The minimum Gasteiger partial charge on any atom is -0.352 e. The summed E-state index contributed by atoms with van der Waals surface area (Å²) in [6.07, 6.45) is 1.78. The first-order valence-electron chi connectivity index (χ1n) is 7.59. The van der Waals surface area contributed by atoms with Gasteiger partial charge in [0.1, 0.15) is 11.0 Å². The van der Waals surface area contributed by atoms with Crippen molar-refractivity contribution in [3.63, 3.8) is 0 Å². The van der Waals surface area contributed by atoms with E-state index in [0.29, 0.717) is 0 Å². The molecule has 0 fully saturated rings. The normalized spacial score (nSPS) is 11.2. The van der Waals surface area contributed by atoms with Gasteiger partial charge in [0.25, 0.3) is 0 Å². The second kappa shape index (κ2) is 5.35. The Balaban J connectivity index is 1.77. The van der Waals surface area contributed by atoms with Crippen LogP contribution in [0.4, 0.5) is 5.95 Å². The summed E-state index contributed by atoms with van der Waals surface area (Å²) in [5, 5.41) is 3.40. The van der Waals surface area contributed by atoms with Crippen LogP contribution in [-0.2, 0) is 13.6 Å². The maximum Gasteiger partial charge on any atom is 0.203 e. The van der Waals surface area contributed by atoms with Crippen molar-refractivity contribution in [2.24, 2.45) is 7.05 Å². The summed E-state index contributed by atoms with van der Waals surface area (Å²) in [5.74, 6) is 0.833. The molecule has 1 N–H and O–H groups in total. The van der Waals surface area contributed by atoms with Gasteiger partial charge in [-0.1, -0.05) is 30.3 Å². The van der Waals surface area contributed by atoms with Crippen molar-refractivity contribution in [2.75, 3.05) is 5.32 Å². The lowest BCUT2D eigenvalue weighted by Gasteiger charge is -2.06. The SMILES string of the molecule is Cc1cnc2ccc3c(nc(NCc4ccccc4)n3C)c2n1. The molecule has 0 saturated heterocycles. The van der Waals surface area contributed by atoms with E-state index < -0.39 is 0 Å². The average Bonchev–Trinajstić information content (AvgIpc) is 2.91. The second-order valence-electron chi connectivity index (χ2n) is 5.65. The van der Waals surface area contributed by atoms with E-state index in [1.165, 1.54) is 5.56 Å². The summed E-state index contributed by atoms with van der Waals surface area (Å²) < 4.78 is 2.06. The van der Waals surface area contributed by atoms with Crippen molar-refractivity contribution in [1.29, 1.82) is 0 Å². The smallest absolute Gasteiger partial charge is 0.203 e. The minimum absolute atomic E-state index is 0.737. The van der Waals surface area contributed by atoms with E-state index in [1.807, 2.05) is 44.3 Å². The summed E-state index contributed by atoms with van der Waals surface area (Å²) in [4.78, 5) is 13.8. The van der Waals surface area contributed by atoms with E-state index in [0.717, 1.165) is 40.3 Å². The quantitative estimate of drug-likeness (QED) is 0.630. The molecule has 0 aliphatic heterocycles. The molecule has 0 amide bonds. The number of imidazole rings is 1.